The minimum atomic E-state index is -4.27. The van der Waals surface area contributed by atoms with Crippen LogP contribution in [0.5, 0.6) is 11.6 Å². The Balaban J connectivity index is 1.26. The Hall–Kier alpha value is -4.42. The first-order valence-corrected chi connectivity index (χ1v) is 21.3. The Labute approximate surface area is 334 Å². The van der Waals surface area contributed by atoms with Crippen molar-refractivity contribution in [2.24, 2.45) is 23.2 Å². The highest BCUT2D eigenvalue weighted by molar-refractivity contribution is 7.91. The van der Waals surface area contributed by atoms with Crippen LogP contribution in [0.3, 0.4) is 0 Å². The van der Waals surface area contributed by atoms with E-state index in [2.05, 4.69) is 20.6 Å². The summed E-state index contributed by atoms with van der Waals surface area (Å²) in [5.74, 6) is -5.39. The van der Waals surface area contributed by atoms with Crippen LogP contribution in [0.1, 0.15) is 97.9 Å². The van der Waals surface area contributed by atoms with Crippen LogP contribution in [0.2, 0.25) is 0 Å². The molecule has 1 saturated heterocycles. The molecule has 9 atom stereocenters. The number of methoxy groups -OCH3 is 1. The van der Waals surface area contributed by atoms with Crippen molar-refractivity contribution in [1.82, 2.24) is 30.2 Å². The van der Waals surface area contributed by atoms with Gasteiger partial charge in [0.1, 0.15) is 47.4 Å². The van der Waals surface area contributed by atoms with Crippen molar-refractivity contribution in [3.05, 3.63) is 23.9 Å². The summed E-state index contributed by atoms with van der Waals surface area (Å²) in [6, 6.07) is 2.13. The molecular weight excluding hydrogens is 786 g/mol. The minimum Gasteiger partial charge on any atom is -0.497 e. The highest BCUT2D eigenvalue weighted by Gasteiger charge is 2.67. The van der Waals surface area contributed by atoms with Crippen molar-refractivity contribution < 1.29 is 55.0 Å². The molecule has 1 aromatic carbocycles. The van der Waals surface area contributed by atoms with Crippen molar-refractivity contribution in [3.8, 4) is 11.6 Å². The van der Waals surface area contributed by atoms with Gasteiger partial charge in [-0.05, 0) is 68.9 Å². The number of fused-ring (bicyclic) bond motifs is 5. The number of halogens is 3. The van der Waals surface area contributed by atoms with Gasteiger partial charge in [-0.15, -0.1) is 0 Å². The van der Waals surface area contributed by atoms with E-state index >= 15 is 4.39 Å². The molecule has 5 aliphatic rings. The lowest BCUT2D eigenvalue weighted by atomic mass is 9.85. The van der Waals surface area contributed by atoms with E-state index < -0.39 is 98.6 Å². The van der Waals surface area contributed by atoms with E-state index in [1.807, 2.05) is 4.72 Å². The number of carbonyl (C=O) groups excluding carboxylic acids is 4. The largest absolute Gasteiger partial charge is 0.497 e. The first kappa shape index (κ1) is 41.7. The van der Waals surface area contributed by atoms with E-state index in [1.54, 1.807) is 45.9 Å². The van der Waals surface area contributed by atoms with Gasteiger partial charge >= 0.3 is 6.09 Å². The van der Waals surface area contributed by atoms with Crippen LogP contribution in [-0.2, 0) is 29.1 Å². The highest BCUT2D eigenvalue weighted by atomic mass is 32.2. The summed E-state index contributed by atoms with van der Waals surface area (Å²) < 4.78 is 89.0. The van der Waals surface area contributed by atoms with Crippen LogP contribution in [-0.4, -0.2) is 102 Å². The number of nitrogens with zero attached hydrogens (tertiary/aromatic N) is 3. The first-order valence-electron chi connectivity index (χ1n) is 19.8. The van der Waals surface area contributed by atoms with Crippen LogP contribution in [0.4, 0.5) is 18.0 Å². The third-order valence-electron chi connectivity index (χ3n) is 12.4. The number of alkyl halides is 3. The fraction of sp³-hybridized carbons (Fsp3) is 0.692. The lowest BCUT2D eigenvalue weighted by Crippen LogP contribution is -2.61. The maximum Gasteiger partial charge on any atom is 0.408 e. The Morgan fingerprint density at radius 3 is 2.41 bits per heavy atom. The highest BCUT2D eigenvalue weighted by Crippen LogP contribution is 2.50. The molecule has 2 aliphatic heterocycles. The molecule has 3 saturated carbocycles. The van der Waals surface area contributed by atoms with Crippen LogP contribution in [0.25, 0.3) is 11.0 Å². The molecule has 2 aromatic rings. The van der Waals surface area contributed by atoms with E-state index in [4.69, 9.17) is 14.2 Å². The van der Waals surface area contributed by atoms with Gasteiger partial charge in [0.15, 0.2) is 0 Å². The minimum absolute atomic E-state index is 0.0696. The topological polar surface area (TPSA) is 195 Å². The molecule has 3 heterocycles. The number of hydrogen-bond acceptors (Lipinski definition) is 11. The Bertz CT molecular complexity index is 2100. The summed E-state index contributed by atoms with van der Waals surface area (Å²) in [5.41, 5.74) is -2.63. The molecule has 58 heavy (non-hydrogen) atoms. The molecule has 3 N–H and O–H groups in total. The number of hydrogen-bond donors (Lipinski definition) is 3. The zero-order valence-electron chi connectivity index (χ0n) is 33.4. The van der Waals surface area contributed by atoms with E-state index in [-0.39, 0.29) is 49.4 Å². The van der Waals surface area contributed by atoms with Gasteiger partial charge in [-0.25, -0.2) is 36.4 Å². The van der Waals surface area contributed by atoms with E-state index in [0.29, 0.717) is 42.5 Å². The van der Waals surface area contributed by atoms with Gasteiger partial charge in [0.2, 0.25) is 34.1 Å². The van der Waals surface area contributed by atoms with Gasteiger partial charge in [-0.3, -0.25) is 19.1 Å². The molecule has 3 aliphatic carbocycles. The summed E-state index contributed by atoms with van der Waals surface area (Å²) in [4.78, 5) is 66.5. The van der Waals surface area contributed by atoms with Crippen molar-refractivity contribution in [2.45, 2.75) is 133 Å². The number of carbonyl (C=O) groups is 4. The molecule has 0 spiro atoms. The summed E-state index contributed by atoms with van der Waals surface area (Å²) in [7, 11) is -2.80. The molecule has 2 unspecified atom stereocenters. The number of benzene rings is 1. The fourth-order valence-electron chi connectivity index (χ4n) is 8.07. The van der Waals surface area contributed by atoms with E-state index in [9.17, 15) is 36.4 Å². The number of sulfonamides is 1. The molecule has 15 nitrogen and oxygen atoms in total. The molecule has 318 valence electrons. The molecule has 0 radical (unpaired) electrons. The predicted octanol–water partition coefficient (Wildman–Crippen LogP) is 4.49. The van der Waals surface area contributed by atoms with Crippen LogP contribution in [0, 0.1) is 23.2 Å². The molecule has 4 fully saturated rings. The molecule has 2 bridgehead atoms. The van der Waals surface area contributed by atoms with Gasteiger partial charge in [-0.2, -0.15) is 0 Å². The van der Waals surface area contributed by atoms with Crippen LogP contribution >= 0.6 is 0 Å². The Morgan fingerprint density at radius 1 is 1.07 bits per heavy atom. The number of ether oxygens (including phenoxy) is 3. The quantitative estimate of drug-likeness (QED) is 0.356. The zero-order chi connectivity index (χ0) is 42.1. The Kier molecular flexibility index (Phi) is 10.8. The van der Waals surface area contributed by atoms with Crippen molar-refractivity contribution in [3.63, 3.8) is 0 Å². The monoisotopic (exact) mass is 836 g/mol. The first-order chi connectivity index (χ1) is 27.2. The van der Waals surface area contributed by atoms with Gasteiger partial charge in [0.05, 0.1) is 35.4 Å². The van der Waals surface area contributed by atoms with Crippen LogP contribution in [0.15, 0.2) is 18.2 Å². The van der Waals surface area contributed by atoms with Crippen LogP contribution < -0.4 is 24.8 Å². The van der Waals surface area contributed by atoms with Gasteiger partial charge in [0, 0.05) is 12.0 Å². The summed E-state index contributed by atoms with van der Waals surface area (Å²) in [6.45, 7) is 7.79. The average molecular weight is 837 g/mol. The van der Waals surface area contributed by atoms with Crippen molar-refractivity contribution >= 4 is 44.9 Å². The second kappa shape index (κ2) is 15.0. The van der Waals surface area contributed by atoms with E-state index in [0.717, 1.165) is 4.90 Å². The summed E-state index contributed by atoms with van der Waals surface area (Å²) >= 11 is 0. The second-order valence-corrected chi connectivity index (χ2v) is 20.0. The number of rotatable bonds is 7. The lowest BCUT2D eigenvalue weighted by Gasteiger charge is -2.36. The lowest BCUT2D eigenvalue weighted by molar-refractivity contribution is -0.143. The molecule has 1 aromatic heterocycles. The maximum atomic E-state index is 16.2. The number of alkyl carbamates (subject to hydrolysis) is 1. The van der Waals surface area contributed by atoms with E-state index in [1.165, 1.54) is 14.0 Å². The van der Waals surface area contributed by atoms with Crippen molar-refractivity contribution in [2.75, 3.05) is 13.7 Å². The predicted molar refractivity (Wildman–Crippen MR) is 202 cm³/mol. The fourth-order valence-corrected chi connectivity index (χ4v) is 9.38. The van der Waals surface area contributed by atoms with Gasteiger partial charge in [-0.1, -0.05) is 40.5 Å². The third kappa shape index (κ3) is 7.98. The summed E-state index contributed by atoms with van der Waals surface area (Å²) in [5, 5.41) is 5.11. The maximum absolute atomic E-state index is 16.2. The zero-order valence-corrected chi connectivity index (χ0v) is 34.2. The number of aromatic nitrogens is 2. The molecule has 19 heteroatoms. The third-order valence-corrected chi connectivity index (χ3v) is 14.6. The second-order valence-electron chi connectivity index (χ2n) is 17.8. The molecule has 7 rings (SSSR count). The van der Waals surface area contributed by atoms with Gasteiger partial charge < -0.3 is 29.7 Å². The van der Waals surface area contributed by atoms with Gasteiger partial charge in [0.25, 0.3) is 5.91 Å². The summed E-state index contributed by atoms with van der Waals surface area (Å²) in [6.07, 6.45) is -4.49. The number of amides is 4. The number of nitrogens with one attached hydrogen (secondary N) is 3. The average Bonchev–Trinajstić information content (AvgIpc) is 4.10. The molecular formula is C39H51F3N6O9S. The van der Waals surface area contributed by atoms with Crippen molar-refractivity contribution in [1.29, 1.82) is 0 Å². The smallest absolute Gasteiger partial charge is 0.408 e. The Morgan fingerprint density at radius 2 is 1.78 bits per heavy atom. The molecule has 4 amide bonds. The SMILES string of the molecule is COc1ccc2nc3c(nc2c1)O[C@H]1CN(C(=O)[C@H](C(C)(C)C)NC(=O)O[C@@H]2C[C@H]2CCCCC3F)C(C(=O)N[C@]2(C(=O)NS(=O)(=O)C3(C)CC3)C[C@H]2C(F)F)[C@@H]1C. The normalized spacial score (nSPS) is 32.3. The standard InChI is InChI=1S/C39H51F3N6O9S/c1-19-27-18-48(29(19)32(49)46-39(17-22(39)31(41)42)35(51)47-58(53,54)38(5)13-14-38)34(50)30(37(2,3)4)45-36(52)57-26-15-20(26)9-7-8-10-23(40)28-33(56-27)44-25-16-21(55-6)11-12-24(25)43-28/h11-12,16,19-20,22-23,26-27,29-31H,7-10,13-15,17-18H2,1-6H3,(H,45,52)(H,46,49)(H,47,51)/t19-,20-,22+,23?,26-,27+,29?,30-,39-/m1/s1.